The summed E-state index contributed by atoms with van der Waals surface area (Å²) in [5.74, 6) is 0.307. The normalized spacial score (nSPS) is 37.1. The maximum atomic E-state index is 11.2. The number of nitrogens with zero attached hydrogens (tertiary/aromatic N) is 1. The Labute approximate surface area is 84.3 Å². The summed E-state index contributed by atoms with van der Waals surface area (Å²) in [5, 5.41) is 11.2. The summed E-state index contributed by atoms with van der Waals surface area (Å²) in [4.78, 5) is 11.2. The van der Waals surface area contributed by atoms with Gasteiger partial charge in [-0.2, -0.15) is 0 Å². The number of nitro groups is 1. The smallest absolute Gasteiger partial charge is 0.229 e. The summed E-state index contributed by atoms with van der Waals surface area (Å²) in [6.45, 7) is 4.17. The van der Waals surface area contributed by atoms with E-state index in [9.17, 15) is 10.1 Å². The third-order valence-corrected chi connectivity index (χ3v) is 4.14. The molecular weight excluding hydrogens is 178 g/mol. The summed E-state index contributed by atoms with van der Waals surface area (Å²) in [7, 11) is 0. The van der Waals surface area contributed by atoms with Gasteiger partial charge in [0.1, 0.15) is 0 Å². The highest BCUT2D eigenvalue weighted by Gasteiger charge is 2.55. The number of hydrogen-bond donors (Lipinski definition) is 0. The van der Waals surface area contributed by atoms with Gasteiger partial charge >= 0.3 is 0 Å². The maximum absolute atomic E-state index is 11.2. The van der Waals surface area contributed by atoms with Crippen LogP contribution in [0.25, 0.3) is 0 Å². The minimum Gasteiger partial charge on any atom is -0.264 e. The standard InChI is InChI=1S/C11H17NO2/c1-8-6-10-4-3-5-11(10,12(13)14)7-9(8)2/h10H,3-7H2,1-2H3/t10-,11-/m1/s1. The number of allylic oxidation sites excluding steroid dienone is 1. The first-order chi connectivity index (χ1) is 6.56. The lowest BCUT2D eigenvalue weighted by Gasteiger charge is -2.32. The molecule has 0 aromatic heterocycles. The van der Waals surface area contributed by atoms with Crippen LogP contribution in [-0.2, 0) is 0 Å². The molecule has 0 aliphatic heterocycles. The quantitative estimate of drug-likeness (QED) is 0.367. The molecule has 2 atom stereocenters. The van der Waals surface area contributed by atoms with Gasteiger partial charge in [-0.05, 0) is 33.1 Å². The molecule has 0 heterocycles. The molecule has 1 saturated carbocycles. The lowest BCUT2D eigenvalue weighted by atomic mass is 9.73. The van der Waals surface area contributed by atoms with Crippen molar-refractivity contribution in [3.05, 3.63) is 21.3 Å². The van der Waals surface area contributed by atoms with Crippen LogP contribution < -0.4 is 0 Å². The van der Waals surface area contributed by atoms with E-state index in [0.717, 1.165) is 25.7 Å². The Morgan fingerprint density at radius 1 is 1.43 bits per heavy atom. The predicted molar refractivity (Wildman–Crippen MR) is 54.7 cm³/mol. The van der Waals surface area contributed by atoms with E-state index in [1.165, 1.54) is 11.1 Å². The molecule has 0 spiro atoms. The minimum absolute atomic E-state index is 0.000602. The SMILES string of the molecule is CC1=C(C)C[C@]2([N+](=O)[O-])CCC[C@@H]2C1. The van der Waals surface area contributed by atoms with E-state index in [1.54, 1.807) is 0 Å². The predicted octanol–water partition coefficient (Wildman–Crippen LogP) is 2.93. The van der Waals surface area contributed by atoms with Crippen LogP contribution in [0.5, 0.6) is 0 Å². The van der Waals surface area contributed by atoms with E-state index in [4.69, 9.17) is 0 Å². The minimum atomic E-state index is -0.594. The molecule has 0 bridgehead atoms. The number of fused-ring (bicyclic) bond motifs is 1. The van der Waals surface area contributed by atoms with Crippen LogP contribution in [0.3, 0.4) is 0 Å². The summed E-state index contributed by atoms with van der Waals surface area (Å²) < 4.78 is 0. The van der Waals surface area contributed by atoms with Crippen molar-refractivity contribution >= 4 is 0 Å². The van der Waals surface area contributed by atoms with Crippen LogP contribution in [0, 0.1) is 16.0 Å². The third kappa shape index (κ3) is 1.18. The molecule has 0 saturated heterocycles. The fourth-order valence-corrected chi connectivity index (χ4v) is 3.11. The van der Waals surface area contributed by atoms with Crippen LogP contribution in [0.2, 0.25) is 0 Å². The zero-order valence-electron chi connectivity index (χ0n) is 8.88. The van der Waals surface area contributed by atoms with Crippen molar-refractivity contribution in [2.24, 2.45) is 5.92 Å². The molecule has 2 rings (SSSR count). The van der Waals surface area contributed by atoms with Gasteiger partial charge in [0.2, 0.25) is 5.54 Å². The molecule has 14 heavy (non-hydrogen) atoms. The second-order valence-corrected chi connectivity index (χ2v) is 4.89. The molecule has 0 aromatic carbocycles. The Balaban J connectivity index is 2.36. The van der Waals surface area contributed by atoms with E-state index in [0.29, 0.717) is 12.3 Å². The molecular formula is C11H17NO2. The van der Waals surface area contributed by atoms with Crippen molar-refractivity contribution < 1.29 is 4.92 Å². The van der Waals surface area contributed by atoms with Crippen LogP contribution in [0.4, 0.5) is 0 Å². The van der Waals surface area contributed by atoms with Gasteiger partial charge in [0.25, 0.3) is 0 Å². The molecule has 2 aliphatic rings. The van der Waals surface area contributed by atoms with E-state index < -0.39 is 5.54 Å². The highest BCUT2D eigenvalue weighted by Crippen LogP contribution is 2.49. The van der Waals surface area contributed by atoms with Crippen LogP contribution >= 0.6 is 0 Å². The Morgan fingerprint density at radius 3 is 2.79 bits per heavy atom. The van der Waals surface area contributed by atoms with Crippen molar-refractivity contribution in [2.45, 2.75) is 51.5 Å². The average molecular weight is 195 g/mol. The molecule has 0 amide bonds. The molecule has 0 unspecified atom stereocenters. The van der Waals surface area contributed by atoms with Gasteiger partial charge in [-0.15, -0.1) is 0 Å². The highest BCUT2D eigenvalue weighted by atomic mass is 16.6. The maximum Gasteiger partial charge on any atom is 0.229 e. The first-order valence-electron chi connectivity index (χ1n) is 5.36. The fourth-order valence-electron chi connectivity index (χ4n) is 3.11. The third-order valence-electron chi connectivity index (χ3n) is 4.14. The second-order valence-electron chi connectivity index (χ2n) is 4.89. The van der Waals surface area contributed by atoms with Gasteiger partial charge in [-0.25, -0.2) is 0 Å². The monoisotopic (exact) mass is 195 g/mol. The number of rotatable bonds is 1. The lowest BCUT2D eigenvalue weighted by Crippen LogP contribution is -2.44. The van der Waals surface area contributed by atoms with Gasteiger partial charge in [0, 0.05) is 23.7 Å². The highest BCUT2D eigenvalue weighted by molar-refractivity contribution is 5.20. The molecule has 2 aliphatic carbocycles. The number of hydrogen-bond acceptors (Lipinski definition) is 2. The van der Waals surface area contributed by atoms with E-state index in [2.05, 4.69) is 13.8 Å². The second kappa shape index (κ2) is 3.07. The van der Waals surface area contributed by atoms with Crippen LogP contribution in [0.1, 0.15) is 46.0 Å². The average Bonchev–Trinajstić information content (AvgIpc) is 2.49. The molecule has 3 nitrogen and oxygen atoms in total. The summed E-state index contributed by atoms with van der Waals surface area (Å²) in [5.41, 5.74) is 2.04. The van der Waals surface area contributed by atoms with Crippen molar-refractivity contribution in [3.8, 4) is 0 Å². The Bertz CT molecular complexity index is 308. The summed E-state index contributed by atoms with van der Waals surface area (Å²) in [6.07, 6.45) is 4.51. The first-order valence-corrected chi connectivity index (χ1v) is 5.36. The lowest BCUT2D eigenvalue weighted by molar-refractivity contribution is -0.578. The molecule has 0 N–H and O–H groups in total. The Morgan fingerprint density at radius 2 is 2.14 bits per heavy atom. The first kappa shape index (κ1) is 9.69. The topological polar surface area (TPSA) is 43.1 Å². The van der Waals surface area contributed by atoms with Crippen molar-refractivity contribution in [1.29, 1.82) is 0 Å². The zero-order chi connectivity index (χ0) is 10.3. The molecule has 0 aromatic rings. The Kier molecular flexibility index (Phi) is 2.13. The van der Waals surface area contributed by atoms with E-state index in [1.807, 2.05) is 0 Å². The van der Waals surface area contributed by atoms with Gasteiger partial charge in [0.05, 0.1) is 0 Å². The van der Waals surface area contributed by atoms with Crippen LogP contribution in [0.15, 0.2) is 11.1 Å². The molecule has 1 fully saturated rings. The Hall–Kier alpha value is -0.860. The molecule has 0 radical (unpaired) electrons. The van der Waals surface area contributed by atoms with Gasteiger partial charge < -0.3 is 0 Å². The zero-order valence-corrected chi connectivity index (χ0v) is 8.88. The van der Waals surface area contributed by atoms with E-state index >= 15 is 0 Å². The van der Waals surface area contributed by atoms with Gasteiger partial charge in [0.15, 0.2) is 0 Å². The molecule has 78 valence electrons. The fraction of sp³-hybridized carbons (Fsp3) is 0.818. The van der Waals surface area contributed by atoms with Crippen LogP contribution in [-0.4, -0.2) is 10.5 Å². The van der Waals surface area contributed by atoms with Crippen molar-refractivity contribution in [3.63, 3.8) is 0 Å². The van der Waals surface area contributed by atoms with Crippen molar-refractivity contribution in [2.75, 3.05) is 0 Å². The summed E-state index contributed by atoms with van der Waals surface area (Å²) in [6, 6.07) is 0. The van der Waals surface area contributed by atoms with Crippen molar-refractivity contribution in [1.82, 2.24) is 0 Å². The largest absolute Gasteiger partial charge is 0.264 e. The molecule has 3 heteroatoms. The van der Waals surface area contributed by atoms with Gasteiger partial charge in [-0.3, -0.25) is 10.1 Å². The summed E-state index contributed by atoms with van der Waals surface area (Å²) >= 11 is 0. The van der Waals surface area contributed by atoms with Gasteiger partial charge in [-0.1, -0.05) is 11.1 Å². The van der Waals surface area contributed by atoms with E-state index in [-0.39, 0.29) is 4.92 Å².